The quantitative estimate of drug-likeness (QED) is 0.181. The van der Waals surface area contributed by atoms with Crippen molar-refractivity contribution in [2.75, 3.05) is 18.5 Å². The molecule has 2 aromatic heterocycles. The SMILES string of the molecule is CCOC(=O)C=Cc1ccc(NC(=O)C2(NC(=O)c3cc4n5c(c(C6CCCCC6)n4n3)-c3ccccc3OCC5)CCC2)cc1. The monoisotopic (exact) mass is 621 g/mol. The Labute approximate surface area is 267 Å². The average molecular weight is 622 g/mol. The maximum absolute atomic E-state index is 13.8. The predicted octanol–water partition coefficient (Wildman–Crippen LogP) is 6.11. The highest BCUT2D eigenvalue weighted by Gasteiger charge is 2.46. The van der Waals surface area contributed by atoms with Crippen LogP contribution in [0.4, 0.5) is 5.69 Å². The van der Waals surface area contributed by atoms with Crippen LogP contribution in [0.1, 0.15) is 86.0 Å². The van der Waals surface area contributed by atoms with E-state index in [-0.39, 0.29) is 11.8 Å². The summed E-state index contributed by atoms with van der Waals surface area (Å²) >= 11 is 0. The minimum absolute atomic E-state index is 0.250. The Morgan fingerprint density at radius 2 is 1.83 bits per heavy atom. The zero-order valence-corrected chi connectivity index (χ0v) is 26.1. The Balaban J connectivity index is 1.13. The highest BCUT2D eigenvalue weighted by molar-refractivity contribution is 6.04. The van der Waals surface area contributed by atoms with Crippen LogP contribution >= 0.6 is 0 Å². The van der Waals surface area contributed by atoms with Crippen LogP contribution in [-0.4, -0.2) is 50.7 Å². The molecular weight excluding hydrogens is 582 g/mol. The summed E-state index contributed by atoms with van der Waals surface area (Å²) in [6.07, 6.45) is 10.7. The Morgan fingerprint density at radius 3 is 2.57 bits per heavy atom. The molecule has 2 saturated carbocycles. The molecule has 0 spiro atoms. The molecule has 7 rings (SSSR count). The topological polar surface area (TPSA) is 116 Å². The van der Waals surface area contributed by atoms with Gasteiger partial charge in [0, 0.05) is 29.3 Å². The largest absolute Gasteiger partial charge is 0.491 e. The van der Waals surface area contributed by atoms with Gasteiger partial charge in [0.2, 0.25) is 5.91 Å². The number of aromatic nitrogens is 3. The molecule has 0 unspecified atom stereocenters. The molecule has 238 valence electrons. The highest BCUT2D eigenvalue weighted by atomic mass is 16.5. The number of imidazole rings is 1. The lowest BCUT2D eigenvalue weighted by atomic mass is 9.75. The summed E-state index contributed by atoms with van der Waals surface area (Å²) in [5.74, 6) is 0.202. The summed E-state index contributed by atoms with van der Waals surface area (Å²) in [6.45, 7) is 3.25. The van der Waals surface area contributed by atoms with E-state index in [9.17, 15) is 14.4 Å². The van der Waals surface area contributed by atoms with Gasteiger partial charge in [-0.1, -0.05) is 43.5 Å². The summed E-state index contributed by atoms with van der Waals surface area (Å²) in [5.41, 5.74) is 4.91. The van der Waals surface area contributed by atoms with Crippen molar-refractivity contribution in [3.05, 3.63) is 77.6 Å². The van der Waals surface area contributed by atoms with E-state index in [1.165, 1.54) is 25.3 Å². The van der Waals surface area contributed by atoms with Gasteiger partial charge in [0.1, 0.15) is 23.5 Å². The fourth-order valence-corrected chi connectivity index (χ4v) is 7.00. The fourth-order valence-electron chi connectivity index (χ4n) is 7.00. The molecular formula is C36H39N5O5. The van der Waals surface area contributed by atoms with Crippen LogP contribution in [-0.2, 0) is 20.9 Å². The van der Waals surface area contributed by atoms with E-state index in [0.29, 0.717) is 49.9 Å². The molecule has 4 aromatic rings. The maximum Gasteiger partial charge on any atom is 0.330 e. The smallest absolute Gasteiger partial charge is 0.330 e. The number of fused-ring (bicyclic) bond motifs is 5. The van der Waals surface area contributed by atoms with Crippen LogP contribution in [0.3, 0.4) is 0 Å². The van der Waals surface area contributed by atoms with Crippen molar-refractivity contribution in [1.82, 2.24) is 19.5 Å². The van der Waals surface area contributed by atoms with Crippen LogP contribution in [0.5, 0.6) is 5.75 Å². The van der Waals surface area contributed by atoms with Gasteiger partial charge >= 0.3 is 5.97 Å². The van der Waals surface area contributed by atoms with Crippen molar-refractivity contribution in [2.45, 2.75) is 76.3 Å². The summed E-state index contributed by atoms with van der Waals surface area (Å²) in [4.78, 5) is 38.9. The average Bonchev–Trinajstić information content (AvgIpc) is 3.55. The summed E-state index contributed by atoms with van der Waals surface area (Å²) in [5, 5.41) is 10.9. The van der Waals surface area contributed by atoms with E-state index in [1.807, 2.05) is 40.9 Å². The third-order valence-electron chi connectivity index (χ3n) is 9.51. The van der Waals surface area contributed by atoms with Gasteiger partial charge in [-0.15, -0.1) is 0 Å². The van der Waals surface area contributed by atoms with Gasteiger partial charge < -0.3 is 24.7 Å². The molecule has 3 aliphatic rings. The third kappa shape index (κ3) is 5.57. The molecule has 2 amide bonds. The molecule has 0 atom stereocenters. The van der Waals surface area contributed by atoms with Gasteiger partial charge in [0.05, 0.1) is 24.5 Å². The van der Waals surface area contributed by atoms with Crippen molar-refractivity contribution in [1.29, 1.82) is 0 Å². The minimum Gasteiger partial charge on any atom is -0.491 e. The highest BCUT2D eigenvalue weighted by Crippen LogP contribution is 2.43. The number of ether oxygens (including phenoxy) is 2. The van der Waals surface area contributed by atoms with Crippen LogP contribution in [0.15, 0.2) is 60.7 Å². The molecule has 2 N–H and O–H groups in total. The second-order valence-electron chi connectivity index (χ2n) is 12.4. The zero-order chi connectivity index (χ0) is 31.7. The lowest BCUT2D eigenvalue weighted by Gasteiger charge is -2.40. The van der Waals surface area contributed by atoms with Crippen molar-refractivity contribution >= 4 is 35.2 Å². The molecule has 0 radical (unpaired) electrons. The second kappa shape index (κ2) is 12.5. The Bertz CT molecular complexity index is 1810. The lowest BCUT2D eigenvalue weighted by Crippen LogP contribution is -2.61. The third-order valence-corrected chi connectivity index (χ3v) is 9.51. The first-order valence-electron chi connectivity index (χ1n) is 16.4. The number of carbonyl (C=O) groups excluding carboxylic acids is 3. The first-order valence-corrected chi connectivity index (χ1v) is 16.4. The zero-order valence-electron chi connectivity index (χ0n) is 26.1. The number of para-hydroxylation sites is 1. The van der Waals surface area contributed by atoms with Gasteiger partial charge in [0.15, 0.2) is 5.69 Å². The van der Waals surface area contributed by atoms with Crippen molar-refractivity contribution < 1.29 is 23.9 Å². The number of nitrogens with zero attached hydrogens (tertiary/aromatic N) is 3. The summed E-state index contributed by atoms with van der Waals surface area (Å²) in [7, 11) is 0. The molecule has 2 aliphatic carbocycles. The van der Waals surface area contributed by atoms with Crippen molar-refractivity contribution in [3.63, 3.8) is 0 Å². The standard InChI is InChI=1S/C36H39N5O5/c1-2-45-31(42)18-15-24-13-16-26(17-14-24)37-35(44)36(19-8-20-36)38-34(43)28-23-30-40-21-22-46-29-12-7-6-11-27(29)33(40)32(41(30)39-28)25-9-4-3-5-10-25/h6-7,11-18,23,25H,2-5,8-10,19-22H2,1H3,(H,37,44)(H,38,43). The normalized spacial score (nSPS) is 17.3. The molecule has 1 aliphatic heterocycles. The molecule has 2 aromatic carbocycles. The second-order valence-corrected chi connectivity index (χ2v) is 12.4. The number of hydrogen-bond donors (Lipinski definition) is 2. The maximum atomic E-state index is 13.8. The minimum atomic E-state index is -1.00. The molecule has 2 fully saturated rings. The van der Waals surface area contributed by atoms with E-state index >= 15 is 0 Å². The van der Waals surface area contributed by atoms with E-state index in [1.54, 1.807) is 25.1 Å². The molecule has 0 saturated heterocycles. The van der Waals surface area contributed by atoms with Crippen LogP contribution in [0.25, 0.3) is 23.0 Å². The van der Waals surface area contributed by atoms with E-state index < -0.39 is 11.5 Å². The number of benzene rings is 2. The number of amides is 2. The van der Waals surface area contributed by atoms with Crippen molar-refractivity contribution in [3.8, 4) is 17.0 Å². The number of carbonyl (C=O) groups is 3. The lowest BCUT2D eigenvalue weighted by molar-refractivity contribution is -0.137. The van der Waals surface area contributed by atoms with E-state index in [4.69, 9.17) is 14.6 Å². The summed E-state index contributed by atoms with van der Waals surface area (Å²) < 4.78 is 15.3. The van der Waals surface area contributed by atoms with E-state index in [0.717, 1.165) is 53.2 Å². The molecule has 10 nitrogen and oxygen atoms in total. The van der Waals surface area contributed by atoms with Gasteiger partial charge in [-0.2, -0.15) is 5.10 Å². The molecule has 0 bridgehead atoms. The number of rotatable bonds is 8. The molecule has 10 heteroatoms. The number of anilines is 1. The van der Waals surface area contributed by atoms with Gasteiger partial charge in [-0.25, -0.2) is 9.31 Å². The van der Waals surface area contributed by atoms with E-state index in [2.05, 4.69) is 21.3 Å². The van der Waals surface area contributed by atoms with Crippen LogP contribution in [0, 0.1) is 0 Å². The molecule has 46 heavy (non-hydrogen) atoms. The Kier molecular flexibility index (Phi) is 8.11. The predicted molar refractivity (Wildman–Crippen MR) is 175 cm³/mol. The van der Waals surface area contributed by atoms with Crippen molar-refractivity contribution in [2.24, 2.45) is 0 Å². The number of nitrogens with one attached hydrogen (secondary N) is 2. The Hall–Kier alpha value is -4.86. The number of hydrogen-bond acceptors (Lipinski definition) is 6. The van der Waals surface area contributed by atoms with Crippen LogP contribution < -0.4 is 15.4 Å². The number of esters is 1. The van der Waals surface area contributed by atoms with Gasteiger partial charge in [-0.3, -0.25) is 9.59 Å². The summed E-state index contributed by atoms with van der Waals surface area (Å²) in [6, 6.07) is 17.2. The fraction of sp³-hybridized carbons (Fsp3) is 0.389. The first-order chi connectivity index (χ1) is 22.5. The van der Waals surface area contributed by atoms with Gasteiger partial charge in [-0.05, 0) is 74.9 Å². The first kappa shape index (κ1) is 29.8. The molecule has 3 heterocycles. The van der Waals surface area contributed by atoms with Gasteiger partial charge in [0.25, 0.3) is 5.91 Å². The van der Waals surface area contributed by atoms with Crippen LogP contribution in [0.2, 0.25) is 0 Å². The Morgan fingerprint density at radius 1 is 1.04 bits per heavy atom.